The Morgan fingerprint density at radius 3 is 2.71 bits per heavy atom. The molecule has 0 aliphatic heterocycles. The van der Waals surface area contributed by atoms with Crippen LogP contribution in [0.2, 0.25) is 5.02 Å². The second-order valence-corrected chi connectivity index (χ2v) is 5.46. The number of halogens is 1. The van der Waals surface area contributed by atoms with Crippen molar-refractivity contribution < 1.29 is 14.3 Å². The van der Waals surface area contributed by atoms with Crippen molar-refractivity contribution in [2.24, 2.45) is 0 Å². The lowest BCUT2D eigenvalue weighted by Gasteiger charge is -2.10. The number of amides is 2. The molecule has 0 aliphatic carbocycles. The van der Waals surface area contributed by atoms with Crippen LogP contribution in [0.1, 0.15) is 22.8 Å². The third-order valence-electron chi connectivity index (χ3n) is 3.10. The number of carbonyl (C=O) groups is 2. The maximum atomic E-state index is 12.3. The lowest BCUT2D eigenvalue weighted by atomic mass is 10.2. The lowest BCUT2D eigenvalue weighted by molar-refractivity contribution is -0.120. The molecule has 0 bridgehead atoms. The Morgan fingerprint density at radius 2 is 2.00 bits per heavy atom. The zero-order valence-electron chi connectivity index (χ0n) is 13.4. The molecular formula is C17H18ClN3O3. The van der Waals surface area contributed by atoms with Gasteiger partial charge in [-0.1, -0.05) is 11.6 Å². The van der Waals surface area contributed by atoms with Gasteiger partial charge in [0.2, 0.25) is 5.91 Å². The van der Waals surface area contributed by atoms with Crippen LogP contribution in [0, 0.1) is 6.92 Å². The summed E-state index contributed by atoms with van der Waals surface area (Å²) in [6.45, 7) is 4.07. The molecule has 7 heteroatoms. The van der Waals surface area contributed by atoms with Crippen molar-refractivity contribution in [3.8, 4) is 0 Å². The molecule has 0 saturated heterocycles. The Morgan fingerprint density at radius 1 is 1.21 bits per heavy atom. The molecular weight excluding hydrogens is 330 g/mol. The largest absolute Gasteiger partial charge is 0.372 e. The van der Waals surface area contributed by atoms with Crippen LogP contribution in [0.4, 0.5) is 11.5 Å². The normalized spacial score (nSPS) is 10.3. The summed E-state index contributed by atoms with van der Waals surface area (Å²) in [4.78, 5) is 28.1. The second-order valence-electron chi connectivity index (χ2n) is 5.05. The molecule has 2 aromatic rings. The Labute approximate surface area is 145 Å². The first-order chi connectivity index (χ1) is 11.5. The van der Waals surface area contributed by atoms with E-state index in [1.807, 2.05) is 13.0 Å². The first-order valence-corrected chi connectivity index (χ1v) is 7.78. The number of ether oxygens (including phenoxy) is 1. The topological polar surface area (TPSA) is 80.3 Å². The summed E-state index contributed by atoms with van der Waals surface area (Å²) in [6.07, 6.45) is 1.62. The van der Waals surface area contributed by atoms with E-state index < -0.39 is 0 Å². The van der Waals surface area contributed by atoms with Gasteiger partial charge in [0.1, 0.15) is 12.4 Å². The van der Waals surface area contributed by atoms with E-state index in [9.17, 15) is 9.59 Å². The predicted molar refractivity (Wildman–Crippen MR) is 93.5 cm³/mol. The standard InChI is InChI=1S/C17H18ClN3O3/c1-3-24-10-16(22)20-14-9-12(4-5-13(14)18)17(23)21-15-8-11(2)6-7-19-15/h4-9H,3,10H2,1-2H3,(H,20,22)(H,19,21,23). The highest BCUT2D eigenvalue weighted by Gasteiger charge is 2.12. The molecule has 6 nitrogen and oxygen atoms in total. The maximum Gasteiger partial charge on any atom is 0.256 e. The van der Waals surface area contributed by atoms with E-state index in [4.69, 9.17) is 16.3 Å². The smallest absolute Gasteiger partial charge is 0.256 e. The number of nitrogens with zero attached hydrogens (tertiary/aromatic N) is 1. The van der Waals surface area contributed by atoms with Crippen molar-refractivity contribution in [2.45, 2.75) is 13.8 Å². The van der Waals surface area contributed by atoms with Gasteiger partial charge in [0.25, 0.3) is 5.91 Å². The number of hydrogen-bond donors (Lipinski definition) is 2. The Bertz CT molecular complexity index is 750. The summed E-state index contributed by atoms with van der Waals surface area (Å²) in [5.41, 5.74) is 1.70. The number of rotatable bonds is 6. The Hall–Kier alpha value is -2.44. The monoisotopic (exact) mass is 347 g/mol. The number of pyridine rings is 1. The summed E-state index contributed by atoms with van der Waals surface area (Å²) in [6, 6.07) is 8.24. The summed E-state index contributed by atoms with van der Waals surface area (Å²) >= 11 is 6.06. The molecule has 2 rings (SSSR count). The number of hydrogen-bond acceptors (Lipinski definition) is 4. The number of benzene rings is 1. The Balaban J connectivity index is 2.11. The SMILES string of the molecule is CCOCC(=O)Nc1cc(C(=O)Nc2cc(C)ccn2)ccc1Cl. The van der Waals surface area contributed by atoms with Crippen LogP contribution in [0.3, 0.4) is 0 Å². The van der Waals surface area contributed by atoms with Crippen LogP contribution in [0.5, 0.6) is 0 Å². The van der Waals surface area contributed by atoms with E-state index >= 15 is 0 Å². The molecule has 24 heavy (non-hydrogen) atoms. The third-order valence-corrected chi connectivity index (χ3v) is 3.43. The van der Waals surface area contributed by atoms with Gasteiger partial charge in [-0.05, 0) is 49.7 Å². The molecule has 2 N–H and O–H groups in total. The lowest BCUT2D eigenvalue weighted by Crippen LogP contribution is -2.19. The van der Waals surface area contributed by atoms with Gasteiger partial charge in [-0.25, -0.2) is 4.98 Å². The fourth-order valence-electron chi connectivity index (χ4n) is 1.94. The molecule has 0 aliphatic rings. The van der Waals surface area contributed by atoms with Crippen LogP contribution in [-0.2, 0) is 9.53 Å². The van der Waals surface area contributed by atoms with Crippen LogP contribution in [0.15, 0.2) is 36.5 Å². The summed E-state index contributed by atoms with van der Waals surface area (Å²) in [5, 5.41) is 5.66. The average molecular weight is 348 g/mol. The molecule has 2 amide bonds. The molecule has 126 valence electrons. The zero-order valence-corrected chi connectivity index (χ0v) is 14.2. The fraction of sp³-hybridized carbons (Fsp3) is 0.235. The molecule has 0 atom stereocenters. The quantitative estimate of drug-likeness (QED) is 0.840. The van der Waals surface area contributed by atoms with Crippen molar-refractivity contribution in [1.82, 2.24) is 4.98 Å². The van der Waals surface area contributed by atoms with Crippen molar-refractivity contribution in [1.29, 1.82) is 0 Å². The highest BCUT2D eigenvalue weighted by molar-refractivity contribution is 6.34. The number of aryl methyl sites for hydroxylation is 1. The predicted octanol–water partition coefficient (Wildman–Crippen LogP) is 3.27. The molecule has 1 aromatic heterocycles. The number of aromatic nitrogens is 1. The van der Waals surface area contributed by atoms with Gasteiger partial charge in [-0.2, -0.15) is 0 Å². The number of anilines is 2. The molecule has 1 heterocycles. The molecule has 0 spiro atoms. The van der Waals surface area contributed by atoms with Crippen LogP contribution in [-0.4, -0.2) is 30.0 Å². The molecule has 0 fully saturated rings. The van der Waals surface area contributed by atoms with Gasteiger partial charge in [0.15, 0.2) is 0 Å². The number of nitrogens with one attached hydrogen (secondary N) is 2. The van der Waals surface area contributed by atoms with E-state index in [1.165, 1.54) is 6.07 Å². The first-order valence-electron chi connectivity index (χ1n) is 7.40. The average Bonchev–Trinajstić information content (AvgIpc) is 2.55. The summed E-state index contributed by atoms with van der Waals surface area (Å²) < 4.78 is 5.03. The van der Waals surface area contributed by atoms with Crippen molar-refractivity contribution in [3.63, 3.8) is 0 Å². The highest BCUT2D eigenvalue weighted by atomic mass is 35.5. The second kappa shape index (κ2) is 8.42. The maximum absolute atomic E-state index is 12.3. The third kappa shape index (κ3) is 5.04. The van der Waals surface area contributed by atoms with Crippen LogP contribution in [0.25, 0.3) is 0 Å². The van der Waals surface area contributed by atoms with Gasteiger partial charge in [0.05, 0.1) is 10.7 Å². The Kier molecular flexibility index (Phi) is 6.28. The minimum absolute atomic E-state index is 0.0730. The van der Waals surface area contributed by atoms with E-state index in [2.05, 4.69) is 15.6 Å². The first kappa shape index (κ1) is 17.9. The van der Waals surface area contributed by atoms with Gasteiger partial charge < -0.3 is 15.4 Å². The summed E-state index contributed by atoms with van der Waals surface area (Å²) in [5.74, 6) is -0.224. The van der Waals surface area contributed by atoms with Crippen molar-refractivity contribution in [2.75, 3.05) is 23.8 Å². The minimum atomic E-state index is -0.343. The summed E-state index contributed by atoms with van der Waals surface area (Å²) in [7, 11) is 0. The fourth-order valence-corrected chi connectivity index (χ4v) is 2.10. The van der Waals surface area contributed by atoms with Crippen LogP contribution >= 0.6 is 11.6 Å². The van der Waals surface area contributed by atoms with Crippen molar-refractivity contribution >= 4 is 34.9 Å². The van der Waals surface area contributed by atoms with E-state index in [-0.39, 0.29) is 18.4 Å². The minimum Gasteiger partial charge on any atom is -0.372 e. The van der Waals surface area contributed by atoms with Gasteiger partial charge >= 0.3 is 0 Å². The van der Waals surface area contributed by atoms with E-state index in [0.717, 1.165) is 5.56 Å². The molecule has 0 unspecified atom stereocenters. The van der Waals surface area contributed by atoms with E-state index in [1.54, 1.807) is 31.3 Å². The van der Waals surface area contributed by atoms with E-state index in [0.29, 0.717) is 28.7 Å². The number of carbonyl (C=O) groups excluding carboxylic acids is 2. The van der Waals surface area contributed by atoms with Gasteiger partial charge in [-0.3, -0.25) is 9.59 Å². The zero-order chi connectivity index (χ0) is 17.5. The van der Waals surface area contributed by atoms with Gasteiger partial charge in [0, 0.05) is 18.4 Å². The van der Waals surface area contributed by atoms with Crippen molar-refractivity contribution in [3.05, 3.63) is 52.7 Å². The van der Waals surface area contributed by atoms with Gasteiger partial charge in [-0.15, -0.1) is 0 Å². The molecule has 0 saturated carbocycles. The molecule has 1 aromatic carbocycles. The van der Waals surface area contributed by atoms with Crippen LogP contribution < -0.4 is 10.6 Å². The highest BCUT2D eigenvalue weighted by Crippen LogP contribution is 2.23. The molecule has 0 radical (unpaired) electrons.